The van der Waals surface area contributed by atoms with Crippen molar-refractivity contribution in [3.05, 3.63) is 11.3 Å². The van der Waals surface area contributed by atoms with Crippen LogP contribution < -0.4 is 10.2 Å². The van der Waals surface area contributed by atoms with Crippen LogP contribution >= 0.6 is 0 Å². The van der Waals surface area contributed by atoms with Gasteiger partial charge in [0.25, 0.3) is 0 Å². The number of quaternary nitrogens is 2. The lowest BCUT2D eigenvalue weighted by Gasteiger charge is -2.29. The second-order valence-corrected chi connectivity index (χ2v) is 7.10. The first-order valence-corrected chi connectivity index (χ1v) is 8.01. The Bertz CT molecular complexity index is 460. The van der Waals surface area contributed by atoms with Crippen LogP contribution in [0.4, 0.5) is 0 Å². The molecule has 4 N–H and O–H groups in total. The maximum Gasteiger partial charge on any atom is 0.168 e. The summed E-state index contributed by atoms with van der Waals surface area (Å²) in [6.45, 7) is 12.4. The molecule has 0 amide bonds. The Hall–Kier alpha value is -1.20. The molecule has 0 unspecified atom stereocenters. The van der Waals surface area contributed by atoms with E-state index in [0.717, 1.165) is 13.1 Å². The molecule has 0 saturated carbocycles. The SMILES string of the molecule is CC(=NCC[NH+]1CC[NH2+]CC1)C1=C(O)CC(C)(C)CC1=O. The molecule has 0 aromatic carbocycles. The summed E-state index contributed by atoms with van der Waals surface area (Å²) in [6, 6.07) is 0. The molecule has 1 heterocycles. The van der Waals surface area contributed by atoms with Crippen LogP contribution in [0.2, 0.25) is 0 Å². The summed E-state index contributed by atoms with van der Waals surface area (Å²) in [5.41, 5.74) is 1.03. The second-order valence-electron chi connectivity index (χ2n) is 7.10. The second kappa shape index (κ2) is 6.71. The molecule has 1 aliphatic carbocycles. The van der Waals surface area contributed by atoms with E-state index < -0.39 is 0 Å². The maximum atomic E-state index is 12.2. The number of carbonyl (C=O) groups excluding carboxylic acids is 1. The fraction of sp³-hybridized carbons (Fsp3) is 0.750. The summed E-state index contributed by atoms with van der Waals surface area (Å²) in [5, 5.41) is 12.5. The topological polar surface area (TPSA) is 70.7 Å². The van der Waals surface area contributed by atoms with Crippen molar-refractivity contribution in [2.75, 3.05) is 39.3 Å². The normalized spacial score (nSPS) is 24.5. The average Bonchev–Trinajstić information content (AvgIpc) is 2.37. The van der Waals surface area contributed by atoms with Crippen molar-refractivity contribution in [2.24, 2.45) is 10.4 Å². The number of piperazine rings is 1. The fourth-order valence-electron chi connectivity index (χ4n) is 3.29. The van der Waals surface area contributed by atoms with E-state index in [0.29, 0.717) is 24.1 Å². The van der Waals surface area contributed by atoms with Gasteiger partial charge in [0.15, 0.2) is 5.78 Å². The quantitative estimate of drug-likeness (QED) is 0.589. The number of nitrogens with one attached hydrogen (secondary N) is 1. The highest BCUT2D eigenvalue weighted by atomic mass is 16.3. The van der Waals surface area contributed by atoms with Gasteiger partial charge in [-0.1, -0.05) is 13.8 Å². The van der Waals surface area contributed by atoms with Gasteiger partial charge in [0, 0.05) is 18.6 Å². The molecule has 0 aromatic heterocycles. The van der Waals surface area contributed by atoms with Crippen molar-refractivity contribution in [1.82, 2.24) is 0 Å². The minimum absolute atomic E-state index is 0.0323. The molecule has 0 atom stereocenters. The van der Waals surface area contributed by atoms with Crippen LogP contribution in [0.5, 0.6) is 0 Å². The standard InChI is InChI=1S/C16H27N3O2/c1-12(18-6-9-19-7-4-17-5-8-19)15-13(20)10-16(2,3)11-14(15)21/h17,20H,4-11H2,1-3H3/p+2. The Morgan fingerprint density at radius 3 is 2.62 bits per heavy atom. The molecule has 0 spiro atoms. The van der Waals surface area contributed by atoms with E-state index >= 15 is 0 Å². The highest BCUT2D eigenvalue weighted by Crippen LogP contribution is 2.35. The number of carbonyl (C=O) groups is 1. The predicted molar refractivity (Wildman–Crippen MR) is 82.9 cm³/mol. The summed E-state index contributed by atoms with van der Waals surface area (Å²) in [6.07, 6.45) is 1.06. The number of aliphatic hydroxyl groups excluding tert-OH is 1. The lowest BCUT2D eigenvalue weighted by molar-refractivity contribution is -0.945. The third-order valence-corrected chi connectivity index (χ3v) is 4.43. The zero-order chi connectivity index (χ0) is 15.5. The van der Waals surface area contributed by atoms with Gasteiger partial charge < -0.3 is 15.3 Å². The Morgan fingerprint density at radius 1 is 1.33 bits per heavy atom. The zero-order valence-electron chi connectivity index (χ0n) is 13.5. The van der Waals surface area contributed by atoms with E-state index in [1.807, 2.05) is 20.8 Å². The van der Waals surface area contributed by atoms with Crippen LogP contribution in [0, 0.1) is 5.41 Å². The van der Waals surface area contributed by atoms with Gasteiger partial charge in [0.05, 0.1) is 18.7 Å². The van der Waals surface area contributed by atoms with Crippen LogP contribution in [0.3, 0.4) is 0 Å². The minimum atomic E-state index is -0.139. The highest BCUT2D eigenvalue weighted by molar-refractivity contribution is 6.22. The molecular formula is C16H29N3O2+2. The number of hydrogen-bond donors (Lipinski definition) is 3. The van der Waals surface area contributed by atoms with Crippen molar-refractivity contribution in [3.63, 3.8) is 0 Å². The number of aliphatic hydroxyl groups is 1. The van der Waals surface area contributed by atoms with Crippen molar-refractivity contribution in [1.29, 1.82) is 0 Å². The summed E-state index contributed by atoms with van der Waals surface area (Å²) in [4.78, 5) is 18.3. The third-order valence-electron chi connectivity index (χ3n) is 4.43. The predicted octanol–water partition coefficient (Wildman–Crippen LogP) is -0.890. The monoisotopic (exact) mass is 295 g/mol. The first-order valence-electron chi connectivity index (χ1n) is 8.01. The summed E-state index contributed by atoms with van der Waals surface area (Å²) < 4.78 is 0. The van der Waals surface area contributed by atoms with Gasteiger partial charge >= 0.3 is 0 Å². The van der Waals surface area contributed by atoms with Crippen molar-refractivity contribution in [2.45, 2.75) is 33.6 Å². The van der Waals surface area contributed by atoms with E-state index in [9.17, 15) is 9.90 Å². The molecule has 0 bridgehead atoms. The molecule has 2 aliphatic rings. The van der Waals surface area contributed by atoms with Crippen molar-refractivity contribution in [3.8, 4) is 0 Å². The summed E-state index contributed by atoms with van der Waals surface area (Å²) in [5.74, 6) is 0.252. The van der Waals surface area contributed by atoms with E-state index in [-0.39, 0.29) is 17.0 Å². The Morgan fingerprint density at radius 2 is 2.00 bits per heavy atom. The average molecular weight is 295 g/mol. The van der Waals surface area contributed by atoms with Crippen molar-refractivity contribution >= 4 is 11.5 Å². The molecule has 1 fully saturated rings. The molecule has 5 nitrogen and oxygen atoms in total. The van der Waals surface area contributed by atoms with Gasteiger partial charge in [-0.05, 0) is 12.3 Å². The zero-order valence-corrected chi connectivity index (χ0v) is 13.5. The molecule has 118 valence electrons. The smallest absolute Gasteiger partial charge is 0.168 e. The molecule has 0 aromatic rings. The molecular weight excluding hydrogens is 266 g/mol. The van der Waals surface area contributed by atoms with Gasteiger partial charge in [-0.25, -0.2) is 0 Å². The summed E-state index contributed by atoms with van der Waals surface area (Å²) >= 11 is 0. The number of aliphatic imine (C=N–C) groups is 1. The number of nitrogens with zero attached hydrogens (tertiary/aromatic N) is 1. The van der Waals surface area contributed by atoms with Gasteiger partial charge in [-0.2, -0.15) is 0 Å². The van der Waals surface area contributed by atoms with Gasteiger partial charge in [0.2, 0.25) is 0 Å². The third kappa shape index (κ3) is 4.38. The van der Waals surface area contributed by atoms with E-state index in [1.165, 1.54) is 26.2 Å². The largest absolute Gasteiger partial charge is 0.511 e. The molecule has 2 rings (SSSR count). The van der Waals surface area contributed by atoms with Gasteiger partial charge in [0.1, 0.15) is 31.9 Å². The lowest BCUT2D eigenvalue weighted by Crippen LogP contribution is -3.20. The Kier molecular flexibility index (Phi) is 5.17. The van der Waals surface area contributed by atoms with Crippen molar-refractivity contribution < 1.29 is 20.1 Å². The van der Waals surface area contributed by atoms with Gasteiger partial charge in [-0.3, -0.25) is 9.79 Å². The molecule has 1 aliphatic heterocycles. The van der Waals surface area contributed by atoms with Crippen LogP contribution in [0.15, 0.2) is 16.3 Å². The van der Waals surface area contributed by atoms with Crippen LogP contribution in [-0.2, 0) is 4.79 Å². The molecule has 5 heteroatoms. The molecule has 0 radical (unpaired) electrons. The number of nitrogens with two attached hydrogens (primary N) is 1. The highest BCUT2D eigenvalue weighted by Gasteiger charge is 2.33. The Labute approximate surface area is 127 Å². The van der Waals surface area contributed by atoms with E-state index in [1.54, 1.807) is 4.90 Å². The fourth-order valence-corrected chi connectivity index (χ4v) is 3.29. The number of allylic oxidation sites excluding steroid dienone is 2. The lowest BCUT2D eigenvalue weighted by atomic mass is 9.76. The van der Waals surface area contributed by atoms with Crippen LogP contribution in [0.25, 0.3) is 0 Å². The summed E-state index contributed by atoms with van der Waals surface area (Å²) in [7, 11) is 0. The molecule has 21 heavy (non-hydrogen) atoms. The number of ketones is 1. The van der Waals surface area contributed by atoms with Crippen LogP contribution in [0.1, 0.15) is 33.6 Å². The first kappa shape index (κ1) is 16.2. The van der Waals surface area contributed by atoms with E-state index in [2.05, 4.69) is 10.3 Å². The molecule has 1 saturated heterocycles. The number of hydrogen-bond acceptors (Lipinski definition) is 3. The number of Topliss-reactive ketones (excluding diaryl/α,β-unsaturated/α-hetero) is 1. The number of rotatable bonds is 4. The van der Waals surface area contributed by atoms with Crippen LogP contribution in [-0.4, -0.2) is 55.9 Å². The Balaban J connectivity index is 1.96. The maximum absolute atomic E-state index is 12.2. The minimum Gasteiger partial charge on any atom is -0.511 e. The first-order chi connectivity index (χ1) is 9.89. The van der Waals surface area contributed by atoms with E-state index in [4.69, 9.17) is 0 Å². The van der Waals surface area contributed by atoms with Gasteiger partial charge in [-0.15, -0.1) is 0 Å².